The molecule has 7 heteroatoms. The van der Waals surface area contributed by atoms with E-state index in [0.717, 1.165) is 41.6 Å². The maximum atomic E-state index is 10.8. The molecule has 0 aliphatic heterocycles. The summed E-state index contributed by atoms with van der Waals surface area (Å²) >= 11 is 1.08. The van der Waals surface area contributed by atoms with Gasteiger partial charge in [-0.2, -0.15) is 0 Å². The Morgan fingerprint density at radius 1 is 1.11 bits per heavy atom. The lowest BCUT2D eigenvalue weighted by molar-refractivity contribution is -0.301. The second-order valence-corrected chi connectivity index (χ2v) is 6.81. The topological polar surface area (TPSA) is 80.1 Å². The van der Waals surface area contributed by atoms with Gasteiger partial charge in [-0.1, -0.05) is 43.3 Å². The number of nitrogens with zero attached hydrogens (tertiary/aromatic N) is 3. The van der Waals surface area contributed by atoms with Crippen molar-refractivity contribution in [2.45, 2.75) is 24.9 Å². The zero-order valence-electron chi connectivity index (χ0n) is 15.0. The number of carboxylic acids is 1. The van der Waals surface area contributed by atoms with Gasteiger partial charge in [-0.15, -0.1) is 10.2 Å². The van der Waals surface area contributed by atoms with Gasteiger partial charge in [0.1, 0.15) is 5.75 Å². The second kappa shape index (κ2) is 9.23. The zero-order chi connectivity index (χ0) is 19.1. The van der Waals surface area contributed by atoms with E-state index in [1.165, 1.54) is 0 Å². The van der Waals surface area contributed by atoms with E-state index in [1.807, 2.05) is 59.2 Å². The summed E-state index contributed by atoms with van der Waals surface area (Å²) in [4.78, 5) is 10.8. The molecule has 0 saturated heterocycles. The van der Waals surface area contributed by atoms with Crippen LogP contribution in [0.3, 0.4) is 0 Å². The second-order valence-electron chi connectivity index (χ2n) is 5.86. The van der Waals surface area contributed by atoms with Crippen LogP contribution in [0.1, 0.15) is 19.8 Å². The van der Waals surface area contributed by atoms with Gasteiger partial charge in [0, 0.05) is 17.0 Å². The monoisotopic (exact) mass is 382 g/mol. The lowest BCUT2D eigenvalue weighted by Gasteiger charge is -2.11. The lowest BCUT2D eigenvalue weighted by atomic mass is 10.2. The van der Waals surface area contributed by atoms with Crippen LogP contribution in [-0.2, 0) is 4.79 Å². The summed E-state index contributed by atoms with van der Waals surface area (Å²) in [6.07, 6.45) is 2.10. The maximum Gasteiger partial charge on any atom is 0.196 e. The summed E-state index contributed by atoms with van der Waals surface area (Å²) in [5, 5.41) is 19.8. The summed E-state index contributed by atoms with van der Waals surface area (Å²) in [6.45, 7) is 2.82. The van der Waals surface area contributed by atoms with E-state index in [9.17, 15) is 9.90 Å². The van der Waals surface area contributed by atoms with Crippen molar-refractivity contribution in [3.63, 3.8) is 0 Å². The molecule has 1 aromatic heterocycles. The van der Waals surface area contributed by atoms with Gasteiger partial charge in [0.25, 0.3) is 0 Å². The van der Waals surface area contributed by atoms with Crippen LogP contribution in [0.5, 0.6) is 5.75 Å². The smallest absolute Gasteiger partial charge is 0.196 e. The van der Waals surface area contributed by atoms with Crippen LogP contribution in [0, 0.1) is 0 Å². The molecule has 0 aliphatic carbocycles. The number of hydrogen-bond donors (Lipinski definition) is 0. The molecule has 0 atom stereocenters. The maximum absolute atomic E-state index is 10.8. The van der Waals surface area contributed by atoms with Gasteiger partial charge in [-0.25, -0.2) is 0 Å². The predicted molar refractivity (Wildman–Crippen MR) is 103 cm³/mol. The molecule has 0 aliphatic rings. The minimum Gasteiger partial charge on any atom is -0.549 e. The summed E-state index contributed by atoms with van der Waals surface area (Å²) < 4.78 is 7.55. The third-order valence-corrected chi connectivity index (χ3v) is 4.75. The molecule has 27 heavy (non-hydrogen) atoms. The van der Waals surface area contributed by atoms with Crippen LogP contribution in [0.4, 0.5) is 0 Å². The van der Waals surface area contributed by atoms with Gasteiger partial charge in [-0.05, 0) is 42.8 Å². The molecule has 0 saturated carbocycles. The van der Waals surface area contributed by atoms with E-state index in [4.69, 9.17) is 4.74 Å². The highest BCUT2D eigenvalue weighted by atomic mass is 32.2. The van der Waals surface area contributed by atoms with Gasteiger partial charge >= 0.3 is 0 Å². The van der Waals surface area contributed by atoms with Crippen LogP contribution in [0.2, 0.25) is 0 Å². The SMILES string of the molecule is CCCCOc1ccc(-c2nnc(SCC(=O)[O-])n2-c2ccccc2)cc1. The van der Waals surface area contributed by atoms with Gasteiger partial charge in [0.2, 0.25) is 0 Å². The van der Waals surface area contributed by atoms with Crippen molar-refractivity contribution in [2.75, 3.05) is 12.4 Å². The van der Waals surface area contributed by atoms with E-state index in [-0.39, 0.29) is 5.75 Å². The van der Waals surface area contributed by atoms with E-state index in [0.29, 0.717) is 17.6 Å². The van der Waals surface area contributed by atoms with Crippen molar-refractivity contribution in [3.05, 3.63) is 54.6 Å². The Balaban J connectivity index is 1.91. The first-order chi connectivity index (χ1) is 13.2. The Kier molecular flexibility index (Phi) is 6.49. The first kappa shape index (κ1) is 19.0. The third-order valence-electron chi connectivity index (χ3n) is 3.85. The van der Waals surface area contributed by atoms with Crippen LogP contribution in [-0.4, -0.2) is 33.1 Å². The van der Waals surface area contributed by atoms with Crippen LogP contribution >= 0.6 is 11.8 Å². The Morgan fingerprint density at radius 2 is 1.85 bits per heavy atom. The Hall–Kier alpha value is -2.80. The molecule has 3 rings (SSSR count). The number of carbonyl (C=O) groups is 1. The van der Waals surface area contributed by atoms with E-state index >= 15 is 0 Å². The fraction of sp³-hybridized carbons (Fsp3) is 0.250. The van der Waals surface area contributed by atoms with Crippen molar-refractivity contribution in [2.24, 2.45) is 0 Å². The number of rotatable bonds is 9. The number of aromatic nitrogens is 3. The summed E-state index contributed by atoms with van der Waals surface area (Å²) in [5.74, 6) is 0.124. The zero-order valence-corrected chi connectivity index (χ0v) is 15.8. The number of thioether (sulfide) groups is 1. The van der Waals surface area contributed by atoms with Crippen LogP contribution in [0.25, 0.3) is 17.1 Å². The molecule has 0 radical (unpaired) electrons. The fourth-order valence-electron chi connectivity index (χ4n) is 2.52. The van der Waals surface area contributed by atoms with Crippen molar-refractivity contribution in [1.29, 1.82) is 0 Å². The summed E-state index contributed by atoms with van der Waals surface area (Å²) in [7, 11) is 0. The molecule has 3 aromatic rings. The van der Waals surface area contributed by atoms with E-state index in [2.05, 4.69) is 17.1 Å². The minimum absolute atomic E-state index is 0.185. The molecule has 6 nitrogen and oxygen atoms in total. The first-order valence-electron chi connectivity index (χ1n) is 8.75. The standard InChI is InChI=1S/C20H21N3O3S/c1-2-3-13-26-17-11-9-15(10-12-17)19-21-22-20(27-14-18(24)25)23(19)16-7-5-4-6-8-16/h4-12H,2-3,13-14H2,1H3,(H,24,25)/p-1. The number of carboxylic acid groups (broad SMARTS) is 1. The number of carbonyl (C=O) groups excluding carboxylic acids is 1. The van der Waals surface area contributed by atoms with Crippen molar-refractivity contribution >= 4 is 17.7 Å². The van der Waals surface area contributed by atoms with Crippen molar-refractivity contribution in [1.82, 2.24) is 14.8 Å². The predicted octanol–water partition coefficient (Wildman–Crippen LogP) is 2.96. The molecule has 0 N–H and O–H groups in total. The lowest BCUT2D eigenvalue weighted by Crippen LogP contribution is -2.24. The largest absolute Gasteiger partial charge is 0.549 e. The van der Waals surface area contributed by atoms with Crippen molar-refractivity contribution < 1.29 is 14.6 Å². The third kappa shape index (κ3) is 4.89. The van der Waals surface area contributed by atoms with Crippen molar-refractivity contribution in [3.8, 4) is 22.8 Å². The first-order valence-corrected chi connectivity index (χ1v) is 9.74. The number of para-hydroxylation sites is 1. The highest BCUT2D eigenvalue weighted by molar-refractivity contribution is 7.99. The van der Waals surface area contributed by atoms with Gasteiger partial charge < -0.3 is 14.6 Å². The van der Waals surface area contributed by atoms with E-state index < -0.39 is 5.97 Å². The Labute approximate surface area is 162 Å². The van der Waals surface area contributed by atoms with Crippen LogP contribution in [0.15, 0.2) is 59.8 Å². The molecule has 1 heterocycles. The molecule has 0 bridgehead atoms. The quantitative estimate of drug-likeness (QED) is 0.418. The molecule has 0 fully saturated rings. The minimum atomic E-state index is -1.14. The molecule has 0 spiro atoms. The van der Waals surface area contributed by atoms with Gasteiger partial charge in [0.15, 0.2) is 11.0 Å². The normalized spacial score (nSPS) is 10.7. The average molecular weight is 382 g/mol. The van der Waals surface area contributed by atoms with E-state index in [1.54, 1.807) is 0 Å². The molecule has 0 unspecified atom stereocenters. The number of benzene rings is 2. The average Bonchev–Trinajstić information content (AvgIpc) is 3.12. The highest BCUT2D eigenvalue weighted by Crippen LogP contribution is 2.28. The molecule has 140 valence electrons. The van der Waals surface area contributed by atoms with Gasteiger partial charge in [0.05, 0.1) is 12.6 Å². The number of unbranched alkanes of at least 4 members (excludes halogenated alkanes) is 1. The number of aliphatic carboxylic acids is 1. The molecular formula is C20H20N3O3S-. The number of ether oxygens (including phenoxy) is 1. The summed E-state index contributed by atoms with van der Waals surface area (Å²) in [5.41, 5.74) is 1.73. The summed E-state index contributed by atoms with van der Waals surface area (Å²) in [6, 6.07) is 17.3. The molecule has 2 aromatic carbocycles. The Bertz CT molecular complexity index is 879. The highest BCUT2D eigenvalue weighted by Gasteiger charge is 2.16. The molecular weight excluding hydrogens is 362 g/mol. The molecule has 0 amide bonds. The van der Waals surface area contributed by atoms with Crippen LogP contribution < -0.4 is 9.84 Å². The van der Waals surface area contributed by atoms with Gasteiger partial charge in [-0.3, -0.25) is 4.57 Å². The number of hydrogen-bond acceptors (Lipinski definition) is 6. The Morgan fingerprint density at radius 3 is 2.52 bits per heavy atom. The fourth-order valence-corrected chi connectivity index (χ4v) is 3.18.